The fourth-order valence-corrected chi connectivity index (χ4v) is 3.14. The Morgan fingerprint density at radius 3 is 2.36 bits per heavy atom. The van der Waals surface area contributed by atoms with E-state index in [1.165, 1.54) is 24.0 Å². The summed E-state index contributed by atoms with van der Waals surface area (Å²) < 4.78 is 0. The molecule has 5 heteroatoms. The average Bonchev–Trinajstić information content (AvgIpc) is 2.63. The smallest absolute Gasteiger partial charge is 0.220 e. The van der Waals surface area contributed by atoms with E-state index < -0.39 is 0 Å². The largest absolute Gasteiger partial charge is 0.354 e. The van der Waals surface area contributed by atoms with Crippen LogP contribution in [0.15, 0.2) is 18.2 Å². The first kappa shape index (κ1) is 21.7. The summed E-state index contributed by atoms with van der Waals surface area (Å²) in [4.78, 5) is 24.3. The number of rotatable bonds is 8. The van der Waals surface area contributed by atoms with Crippen LogP contribution < -0.4 is 11.1 Å². The van der Waals surface area contributed by atoms with Gasteiger partial charge in [0.2, 0.25) is 5.91 Å². The van der Waals surface area contributed by atoms with Gasteiger partial charge in [0.05, 0.1) is 0 Å². The molecule has 1 aromatic rings. The molecule has 0 bridgehead atoms. The maximum Gasteiger partial charge on any atom is 0.220 e. The maximum atomic E-state index is 12.3. The zero-order valence-corrected chi connectivity index (χ0v) is 16.2. The number of fused-ring (bicyclic) bond motifs is 1. The molecule has 1 aromatic carbocycles. The number of ketones is 1. The molecule has 0 unspecified atom stereocenters. The highest BCUT2D eigenvalue weighted by Crippen LogP contribution is 2.23. The van der Waals surface area contributed by atoms with Gasteiger partial charge < -0.3 is 11.1 Å². The third kappa shape index (κ3) is 6.12. The molecule has 0 fully saturated rings. The molecule has 1 aliphatic rings. The molecule has 0 aliphatic heterocycles. The van der Waals surface area contributed by atoms with Gasteiger partial charge in [-0.25, -0.2) is 0 Å². The molecule has 0 saturated carbocycles. The molecule has 0 aromatic heterocycles. The Morgan fingerprint density at radius 1 is 1.08 bits per heavy atom. The third-order valence-corrected chi connectivity index (χ3v) is 5.30. The van der Waals surface area contributed by atoms with Gasteiger partial charge in [0.1, 0.15) is 0 Å². The fourth-order valence-electron chi connectivity index (χ4n) is 3.14. The average molecular weight is 367 g/mol. The number of amides is 1. The first-order chi connectivity index (χ1) is 11.5. The number of hydrogen-bond donors (Lipinski definition) is 2. The summed E-state index contributed by atoms with van der Waals surface area (Å²) in [5.41, 5.74) is 9.23. The lowest BCUT2D eigenvalue weighted by Gasteiger charge is -2.26. The Kier molecular flexibility index (Phi) is 8.60. The van der Waals surface area contributed by atoms with E-state index in [-0.39, 0.29) is 42.5 Å². The SMILES string of the molecule is CCC(N)(CC)CNC(=O)CCC(=O)c1ccc2c(c1)CCCC2.Cl. The number of hydrogen-bond acceptors (Lipinski definition) is 3. The van der Waals surface area contributed by atoms with E-state index in [1.54, 1.807) is 0 Å². The van der Waals surface area contributed by atoms with E-state index in [0.717, 1.165) is 31.2 Å². The summed E-state index contributed by atoms with van der Waals surface area (Å²) in [5.74, 6) is -0.0541. The zero-order chi connectivity index (χ0) is 17.6. The normalized spacial score (nSPS) is 13.6. The lowest BCUT2D eigenvalue weighted by molar-refractivity contribution is -0.121. The van der Waals surface area contributed by atoms with Crippen LogP contribution in [0, 0.1) is 0 Å². The van der Waals surface area contributed by atoms with E-state index >= 15 is 0 Å². The Labute approximate surface area is 157 Å². The molecular weight excluding hydrogens is 336 g/mol. The first-order valence-electron chi connectivity index (χ1n) is 9.18. The third-order valence-electron chi connectivity index (χ3n) is 5.30. The van der Waals surface area contributed by atoms with Crippen molar-refractivity contribution < 1.29 is 9.59 Å². The second kappa shape index (κ2) is 9.93. The van der Waals surface area contributed by atoms with Gasteiger partial charge in [0.15, 0.2) is 5.78 Å². The van der Waals surface area contributed by atoms with E-state index in [9.17, 15) is 9.59 Å². The van der Waals surface area contributed by atoms with Gasteiger partial charge in [-0.2, -0.15) is 0 Å². The van der Waals surface area contributed by atoms with Crippen LogP contribution in [0.3, 0.4) is 0 Å². The molecular formula is C20H31ClN2O2. The van der Waals surface area contributed by atoms with Gasteiger partial charge in [0.25, 0.3) is 0 Å². The summed E-state index contributed by atoms with van der Waals surface area (Å²) in [5, 5.41) is 2.87. The van der Waals surface area contributed by atoms with Crippen molar-refractivity contribution in [1.29, 1.82) is 0 Å². The predicted molar refractivity (Wildman–Crippen MR) is 104 cm³/mol. The van der Waals surface area contributed by atoms with E-state index in [2.05, 4.69) is 11.4 Å². The highest BCUT2D eigenvalue weighted by Gasteiger charge is 2.21. The van der Waals surface area contributed by atoms with E-state index in [1.807, 2.05) is 26.0 Å². The van der Waals surface area contributed by atoms with Gasteiger partial charge in [-0.15, -0.1) is 12.4 Å². The predicted octanol–water partition coefficient (Wildman–Crippen LogP) is 3.58. The minimum Gasteiger partial charge on any atom is -0.354 e. The van der Waals surface area contributed by atoms with E-state index in [0.29, 0.717) is 6.54 Å². The summed E-state index contributed by atoms with van der Waals surface area (Å²) >= 11 is 0. The van der Waals surface area contributed by atoms with Crippen LogP contribution in [0.25, 0.3) is 0 Å². The molecule has 0 heterocycles. The van der Waals surface area contributed by atoms with Crippen LogP contribution in [0.2, 0.25) is 0 Å². The van der Waals surface area contributed by atoms with Crippen LogP contribution in [0.5, 0.6) is 0 Å². The van der Waals surface area contributed by atoms with Crippen LogP contribution >= 0.6 is 12.4 Å². The number of carbonyl (C=O) groups is 2. The molecule has 1 aliphatic carbocycles. The minimum atomic E-state index is -0.349. The highest BCUT2D eigenvalue weighted by atomic mass is 35.5. The number of carbonyl (C=O) groups excluding carboxylic acids is 2. The first-order valence-corrected chi connectivity index (χ1v) is 9.18. The lowest BCUT2D eigenvalue weighted by Crippen LogP contribution is -2.49. The van der Waals surface area contributed by atoms with Crippen LogP contribution in [-0.2, 0) is 17.6 Å². The topological polar surface area (TPSA) is 72.2 Å². The van der Waals surface area contributed by atoms with Crippen molar-refractivity contribution >= 4 is 24.1 Å². The summed E-state index contributed by atoms with van der Waals surface area (Å²) in [6.07, 6.45) is 6.71. The minimum absolute atomic E-state index is 0. The quantitative estimate of drug-likeness (QED) is 0.690. The van der Waals surface area contributed by atoms with Gasteiger partial charge in [-0.1, -0.05) is 26.0 Å². The van der Waals surface area contributed by atoms with Crippen molar-refractivity contribution in [3.05, 3.63) is 34.9 Å². The van der Waals surface area contributed by atoms with Crippen molar-refractivity contribution in [3.8, 4) is 0 Å². The molecule has 0 radical (unpaired) electrons. The van der Waals surface area contributed by atoms with Gasteiger partial charge in [-0.3, -0.25) is 9.59 Å². The molecule has 0 spiro atoms. The molecule has 25 heavy (non-hydrogen) atoms. The van der Waals surface area contributed by atoms with Crippen LogP contribution in [0.4, 0.5) is 0 Å². The number of aryl methyl sites for hydroxylation is 2. The molecule has 0 atom stereocenters. The van der Waals surface area contributed by atoms with Crippen molar-refractivity contribution in [3.63, 3.8) is 0 Å². The molecule has 4 nitrogen and oxygen atoms in total. The summed E-state index contributed by atoms with van der Waals surface area (Å²) in [6.45, 7) is 4.51. The Hall–Kier alpha value is -1.39. The Morgan fingerprint density at radius 2 is 1.72 bits per heavy atom. The molecule has 2 rings (SSSR count). The number of halogens is 1. The maximum absolute atomic E-state index is 12.3. The van der Waals surface area contributed by atoms with Crippen molar-refractivity contribution in [2.24, 2.45) is 5.73 Å². The Balaban J connectivity index is 0.00000312. The van der Waals surface area contributed by atoms with Crippen LogP contribution in [0.1, 0.15) is 73.9 Å². The molecule has 140 valence electrons. The number of nitrogens with one attached hydrogen (secondary N) is 1. The van der Waals surface area contributed by atoms with Gasteiger partial charge >= 0.3 is 0 Å². The van der Waals surface area contributed by atoms with E-state index in [4.69, 9.17) is 5.73 Å². The molecule has 1 amide bonds. The number of nitrogens with two attached hydrogens (primary N) is 1. The second-order valence-electron chi connectivity index (χ2n) is 6.96. The number of Topliss-reactive ketones (excluding diaryl/α,β-unsaturated/α-hetero) is 1. The monoisotopic (exact) mass is 366 g/mol. The van der Waals surface area contributed by atoms with Crippen molar-refractivity contribution in [1.82, 2.24) is 5.32 Å². The van der Waals surface area contributed by atoms with Crippen LogP contribution in [-0.4, -0.2) is 23.8 Å². The van der Waals surface area contributed by atoms with Crippen molar-refractivity contribution in [2.45, 2.75) is 70.8 Å². The van der Waals surface area contributed by atoms with Crippen molar-refractivity contribution in [2.75, 3.05) is 6.54 Å². The fraction of sp³-hybridized carbons (Fsp3) is 0.600. The second-order valence-corrected chi connectivity index (χ2v) is 6.96. The highest BCUT2D eigenvalue weighted by molar-refractivity contribution is 5.98. The van der Waals surface area contributed by atoms with Gasteiger partial charge in [-0.05, 0) is 55.7 Å². The standard InChI is InChI=1S/C20H30N2O2.ClH/c1-3-20(21,4-2)14-22-19(24)12-11-18(23)17-10-9-15-7-5-6-8-16(15)13-17;/h9-10,13H,3-8,11-12,14,21H2,1-2H3,(H,22,24);1H. The summed E-state index contributed by atoms with van der Waals surface area (Å²) in [7, 11) is 0. The molecule has 3 N–H and O–H groups in total. The summed E-state index contributed by atoms with van der Waals surface area (Å²) in [6, 6.07) is 6.00. The number of benzene rings is 1. The molecule has 0 saturated heterocycles. The van der Waals surface area contributed by atoms with Gasteiger partial charge in [0, 0.05) is 30.5 Å². The Bertz CT molecular complexity index is 597. The lowest BCUT2D eigenvalue weighted by atomic mass is 9.89. The zero-order valence-electron chi connectivity index (χ0n) is 15.4.